The first-order valence-electron chi connectivity index (χ1n) is 9.18. The van der Waals surface area contributed by atoms with Crippen LogP contribution in [0.3, 0.4) is 0 Å². The maximum atomic E-state index is 14.0. The minimum atomic E-state index is -0.215. The molecule has 0 aliphatic heterocycles. The van der Waals surface area contributed by atoms with E-state index in [1.807, 2.05) is 18.2 Å². The van der Waals surface area contributed by atoms with E-state index in [2.05, 4.69) is 0 Å². The highest BCUT2D eigenvalue weighted by Crippen LogP contribution is 2.29. The van der Waals surface area contributed by atoms with Gasteiger partial charge in [0.1, 0.15) is 17.3 Å². The van der Waals surface area contributed by atoms with Gasteiger partial charge in [0.15, 0.2) is 0 Å². The number of phenolic OH excluding ortho intramolecular Hbond substituents is 1. The van der Waals surface area contributed by atoms with Crippen LogP contribution in [0.2, 0.25) is 0 Å². The van der Waals surface area contributed by atoms with Gasteiger partial charge in [-0.1, -0.05) is 49.6 Å². The number of aromatic hydroxyl groups is 1. The van der Waals surface area contributed by atoms with Gasteiger partial charge in [-0.2, -0.15) is 0 Å². The van der Waals surface area contributed by atoms with Crippen molar-refractivity contribution in [3.63, 3.8) is 0 Å². The topological polar surface area (TPSA) is 37.3 Å². The van der Waals surface area contributed by atoms with Crippen molar-refractivity contribution in [2.45, 2.75) is 44.9 Å². The van der Waals surface area contributed by atoms with Crippen molar-refractivity contribution in [1.29, 1.82) is 0 Å². The number of carbonyl (C=O) groups excluding carboxylic acids is 1. The zero-order valence-corrected chi connectivity index (χ0v) is 14.5. The minimum absolute atomic E-state index is 0.0124. The van der Waals surface area contributed by atoms with E-state index in [1.165, 1.54) is 6.07 Å². The summed E-state index contributed by atoms with van der Waals surface area (Å²) < 4.78 is 14.0. The zero-order valence-electron chi connectivity index (χ0n) is 14.5. The summed E-state index contributed by atoms with van der Waals surface area (Å²) in [7, 11) is 0. The highest BCUT2D eigenvalue weighted by Gasteiger charge is 2.29. The van der Waals surface area contributed by atoms with Crippen LogP contribution in [-0.4, -0.2) is 10.9 Å². The molecule has 3 heteroatoms. The van der Waals surface area contributed by atoms with E-state index >= 15 is 0 Å². The maximum Gasteiger partial charge on any atom is 0.139 e. The van der Waals surface area contributed by atoms with E-state index in [-0.39, 0.29) is 29.2 Å². The first-order valence-corrected chi connectivity index (χ1v) is 9.18. The number of phenols is 1. The molecule has 0 saturated heterocycles. The van der Waals surface area contributed by atoms with E-state index in [1.54, 1.807) is 24.3 Å². The van der Waals surface area contributed by atoms with Crippen LogP contribution in [0.4, 0.5) is 4.39 Å². The third kappa shape index (κ3) is 4.68. The third-order valence-corrected chi connectivity index (χ3v) is 5.25. The highest BCUT2D eigenvalue weighted by molar-refractivity contribution is 5.84. The maximum absolute atomic E-state index is 14.0. The largest absolute Gasteiger partial charge is 0.508 e. The first kappa shape index (κ1) is 17.7. The summed E-state index contributed by atoms with van der Waals surface area (Å²) in [4.78, 5) is 13.1. The van der Waals surface area contributed by atoms with Crippen LogP contribution >= 0.6 is 0 Å². The highest BCUT2D eigenvalue weighted by atomic mass is 19.1. The summed E-state index contributed by atoms with van der Waals surface area (Å²) in [6, 6.07) is 13.9. The van der Waals surface area contributed by atoms with Gasteiger partial charge in [-0.15, -0.1) is 0 Å². The second kappa shape index (κ2) is 8.28. The molecule has 3 rings (SSSR count). The first-order chi connectivity index (χ1) is 12.1. The number of Topliss-reactive ketones (excluding diaryl/α,β-unsaturated/α-hetero) is 1. The van der Waals surface area contributed by atoms with Gasteiger partial charge in [-0.05, 0) is 55.0 Å². The molecule has 25 heavy (non-hydrogen) atoms. The lowest BCUT2D eigenvalue weighted by molar-refractivity contribution is -0.127. The summed E-state index contributed by atoms with van der Waals surface area (Å²) in [6.07, 6.45) is 6.18. The molecular weight excluding hydrogens is 315 g/mol. The van der Waals surface area contributed by atoms with Crippen LogP contribution in [0.1, 0.15) is 43.2 Å². The molecule has 0 spiro atoms. The summed E-state index contributed by atoms with van der Waals surface area (Å²) >= 11 is 0. The molecule has 132 valence electrons. The van der Waals surface area contributed by atoms with Crippen molar-refractivity contribution in [3.8, 4) is 5.75 Å². The van der Waals surface area contributed by atoms with Crippen LogP contribution in [0, 0.1) is 17.7 Å². The fourth-order valence-electron chi connectivity index (χ4n) is 3.83. The summed E-state index contributed by atoms with van der Waals surface area (Å²) in [5.74, 6) is 0.189. The smallest absolute Gasteiger partial charge is 0.139 e. The van der Waals surface area contributed by atoms with Crippen LogP contribution in [0.15, 0.2) is 48.5 Å². The van der Waals surface area contributed by atoms with Crippen LogP contribution in [0.5, 0.6) is 5.75 Å². The van der Waals surface area contributed by atoms with Crippen LogP contribution in [-0.2, 0) is 17.6 Å². The molecule has 1 aliphatic rings. The standard InChI is InChI=1S/C22H25FO2/c23-21-9-5-4-6-17(21)15-19-8-3-1-2-7-18(22(19)25)14-16-10-12-20(24)13-11-16/h4-6,9-13,18-19,24H,1-3,7-8,14-15H2. The summed E-state index contributed by atoms with van der Waals surface area (Å²) in [5.41, 5.74) is 1.71. The number of hydrogen-bond acceptors (Lipinski definition) is 2. The Hall–Kier alpha value is -2.16. The lowest BCUT2D eigenvalue weighted by atomic mass is 9.78. The van der Waals surface area contributed by atoms with Crippen molar-refractivity contribution in [3.05, 3.63) is 65.5 Å². The Morgan fingerprint density at radius 2 is 1.52 bits per heavy atom. The van der Waals surface area contributed by atoms with Gasteiger partial charge >= 0.3 is 0 Å². The van der Waals surface area contributed by atoms with Crippen molar-refractivity contribution in [2.24, 2.45) is 11.8 Å². The van der Waals surface area contributed by atoms with Crippen LogP contribution < -0.4 is 0 Å². The fourth-order valence-corrected chi connectivity index (χ4v) is 3.83. The average molecular weight is 340 g/mol. The molecule has 2 aromatic rings. The number of carbonyl (C=O) groups is 1. The van der Waals surface area contributed by atoms with Gasteiger partial charge in [0.2, 0.25) is 0 Å². The number of hydrogen-bond donors (Lipinski definition) is 1. The minimum Gasteiger partial charge on any atom is -0.508 e. The van der Waals surface area contributed by atoms with E-state index in [4.69, 9.17) is 0 Å². The Kier molecular flexibility index (Phi) is 5.85. The number of ketones is 1. The van der Waals surface area contributed by atoms with Gasteiger partial charge < -0.3 is 5.11 Å². The summed E-state index contributed by atoms with van der Waals surface area (Å²) in [5, 5.41) is 9.43. The number of benzene rings is 2. The Balaban J connectivity index is 1.75. The average Bonchev–Trinajstić information content (AvgIpc) is 2.61. The lowest BCUT2D eigenvalue weighted by Gasteiger charge is -2.25. The Morgan fingerprint density at radius 3 is 2.20 bits per heavy atom. The van der Waals surface area contributed by atoms with Crippen LogP contribution in [0.25, 0.3) is 0 Å². The molecule has 0 radical (unpaired) electrons. The second-order valence-electron chi connectivity index (χ2n) is 7.10. The lowest BCUT2D eigenvalue weighted by Crippen LogP contribution is -2.28. The van der Waals surface area contributed by atoms with Gasteiger partial charge in [0.05, 0.1) is 0 Å². The molecule has 2 unspecified atom stereocenters. The zero-order chi connectivity index (χ0) is 17.6. The Morgan fingerprint density at radius 1 is 0.880 bits per heavy atom. The molecule has 2 aromatic carbocycles. The normalized spacial score (nSPS) is 21.6. The number of rotatable bonds is 4. The van der Waals surface area contributed by atoms with Gasteiger partial charge in [0.25, 0.3) is 0 Å². The molecule has 1 fully saturated rings. The predicted molar refractivity (Wildman–Crippen MR) is 97.0 cm³/mol. The Bertz CT molecular complexity index is 708. The molecule has 1 N–H and O–H groups in total. The number of halogens is 1. The molecule has 0 aromatic heterocycles. The second-order valence-corrected chi connectivity index (χ2v) is 7.10. The van der Waals surface area contributed by atoms with E-state index < -0.39 is 0 Å². The monoisotopic (exact) mass is 340 g/mol. The molecule has 0 bridgehead atoms. The molecule has 2 atom stereocenters. The molecular formula is C22H25FO2. The van der Waals surface area contributed by atoms with Gasteiger partial charge in [-0.25, -0.2) is 4.39 Å². The summed E-state index contributed by atoms with van der Waals surface area (Å²) in [6.45, 7) is 0. The van der Waals surface area contributed by atoms with E-state index in [0.717, 1.165) is 37.7 Å². The van der Waals surface area contributed by atoms with Gasteiger partial charge in [0, 0.05) is 11.8 Å². The van der Waals surface area contributed by atoms with Crippen molar-refractivity contribution in [2.75, 3.05) is 0 Å². The molecule has 1 saturated carbocycles. The molecule has 0 heterocycles. The molecule has 1 aliphatic carbocycles. The Labute approximate surface area is 148 Å². The SMILES string of the molecule is O=C1C(Cc2ccc(O)cc2)CCCCCC1Cc1ccccc1F. The predicted octanol–water partition coefficient (Wildman–Crippen LogP) is 5.08. The van der Waals surface area contributed by atoms with E-state index in [0.29, 0.717) is 18.4 Å². The van der Waals surface area contributed by atoms with Crippen molar-refractivity contribution in [1.82, 2.24) is 0 Å². The van der Waals surface area contributed by atoms with E-state index in [9.17, 15) is 14.3 Å². The van der Waals surface area contributed by atoms with Crippen molar-refractivity contribution >= 4 is 5.78 Å². The quantitative estimate of drug-likeness (QED) is 0.842. The fraction of sp³-hybridized carbons (Fsp3) is 0.409. The molecule has 2 nitrogen and oxygen atoms in total. The van der Waals surface area contributed by atoms with Gasteiger partial charge in [-0.3, -0.25) is 4.79 Å². The molecule has 0 amide bonds. The third-order valence-electron chi connectivity index (χ3n) is 5.25. The van der Waals surface area contributed by atoms with Crippen molar-refractivity contribution < 1.29 is 14.3 Å².